The van der Waals surface area contributed by atoms with E-state index in [2.05, 4.69) is 10.3 Å². The van der Waals surface area contributed by atoms with Gasteiger partial charge in [-0.25, -0.2) is 4.98 Å². The van der Waals surface area contributed by atoms with Crippen LogP contribution in [0.2, 0.25) is 0 Å². The number of rotatable bonds is 3. The highest BCUT2D eigenvalue weighted by Crippen LogP contribution is 2.26. The summed E-state index contributed by atoms with van der Waals surface area (Å²) in [5.41, 5.74) is 0. The fourth-order valence-electron chi connectivity index (χ4n) is 2.03. The maximum Gasteiger partial charge on any atom is 0.406 e. The first-order chi connectivity index (χ1) is 9.76. The van der Waals surface area contributed by atoms with Crippen LogP contribution >= 0.6 is 0 Å². The molecule has 2 rings (SSSR count). The van der Waals surface area contributed by atoms with Gasteiger partial charge in [-0.05, 0) is 12.1 Å². The van der Waals surface area contributed by atoms with Gasteiger partial charge in [-0.3, -0.25) is 9.59 Å². The Hall–Kier alpha value is -2.32. The van der Waals surface area contributed by atoms with Gasteiger partial charge >= 0.3 is 6.18 Å². The molecular weight excluding hydrogens is 291 g/mol. The lowest BCUT2D eigenvalue weighted by Crippen LogP contribution is -2.36. The van der Waals surface area contributed by atoms with Crippen LogP contribution in [0.4, 0.5) is 19.0 Å². The normalized spacial score (nSPS) is 18.9. The number of halogens is 3. The molecular formula is C12H12F3N3O3. The van der Waals surface area contributed by atoms with Crippen molar-refractivity contribution in [2.24, 2.45) is 5.92 Å². The molecule has 1 aliphatic heterocycles. The van der Waals surface area contributed by atoms with E-state index in [1.165, 1.54) is 18.3 Å². The first-order valence-electron chi connectivity index (χ1n) is 6.05. The molecule has 1 aliphatic rings. The van der Waals surface area contributed by atoms with Gasteiger partial charge in [0.25, 0.3) is 0 Å². The summed E-state index contributed by atoms with van der Waals surface area (Å²) >= 11 is 0. The highest BCUT2D eigenvalue weighted by molar-refractivity contribution is 5.97. The molecule has 2 amide bonds. The summed E-state index contributed by atoms with van der Waals surface area (Å²) in [6, 6.07) is 2.76. The second-order valence-corrected chi connectivity index (χ2v) is 4.65. The molecule has 0 aliphatic carbocycles. The van der Waals surface area contributed by atoms with Crippen molar-refractivity contribution in [3.05, 3.63) is 18.3 Å². The van der Waals surface area contributed by atoms with Crippen molar-refractivity contribution in [1.82, 2.24) is 9.88 Å². The molecule has 2 heterocycles. The van der Waals surface area contributed by atoms with E-state index in [0.717, 1.165) is 0 Å². The van der Waals surface area contributed by atoms with Crippen molar-refractivity contribution in [2.75, 3.05) is 18.4 Å². The van der Waals surface area contributed by atoms with E-state index >= 15 is 0 Å². The number of pyridine rings is 1. The molecule has 2 N–H and O–H groups in total. The molecule has 0 bridgehead atoms. The number of carbonyl (C=O) groups is 2. The quantitative estimate of drug-likeness (QED) is 0.877. The maximum atomic E-state index is 12.3. The average molecular weight is 303 g/mol. The van der Waals surface area contributed by atoms with Gasteiger partial charge in [0.2, 0.25) is 11.8 Å². The zero-order valence-corrected chi connectivity index (χ0v) is 10.7. The molecule has 0 unspecified atom stereocenters. The highest BCUT2D eigenvalue weighted by Gasteiger charge is 2.40. The van der Waals surface area contributed by atoms with Crippen LogP contribution in [0.1, 0.15) is 6.42 Å². The minimum absolute atomic E-state index is 0.0933. The molecule has 1 aromatic rings. The van der Waals surface area contributed by atoms with Crippen molar-refractivity contribution in [1.29, 1.82) is 0 Å². The molecule has 21 heavy (non-hydrogen) atoms. The number of aromatic nitrogens is 1. The summed E-state index contributed by atoms with van der Waals surface area (Å²) in [5.74, 6) is -2.63. The van der Waals surface area contributed by atoms with Gasteiger partial charge in [-0.15, -0.1) is 0 Å². The number of hydrogen-bond acceptors (Lipinski definition) is 4. The van der Waals surface area contributed by atoms with E-state index < -0.39 is 30.5 Å². The van der Waals surface area contributed by atoms with Gasteiger partial charge in [0, 0.05) is 19.2 Å². The van der Waals surface area contributed by atoms with Crippen molar-refractivity contribution < 1.29 is 27.9 Å². The lowest BCUT2D eigenvalue weighted by atomic mass is 10.1. The molecule has 1 saturated heterocycles. The zero-order chi connectivity index (χ0) is 15.6. The van der Waals surface area contributed by atoms with Gasteiger partial charge < -0.3 is 15.3 Å². The minimum atomic E-state index is -4.50. The molecule has 0 aromatic carbocycles. The topological polar surface area (TPSA) is 82.5 Å². The Labute approximate surface area is 117 Å². The van der Waals surface area contributed by atoms with Crippen LogP contribution in [0, 0.1) is 5.92 Å². The Bertz CT molecular complexity index is 562. The van der Waals surface area contributed by atoms with E-state index in [4.69, 9.17) is 0 Å². The van der Waals surface area contributed by atoms with E-state index in [9.17, 15) is 27.9 Å². The summed E-state index contributed by atoms with van der Waals surface area (Å²) in [6.07, 6.45) is -3.46. The zero-order valence-electron chi connectivity index (χ0n) is 10.7. The molecule has 0 radical (unpaired) electrons. The lowest BCUT2D eigenvalue weighted by Gasteiger charge is -2.18. The van der Waals surface area contributed by atoms with Gasteiger partial charge in [0.1, 0.15) is 6.54 Å². The Balaban J connectivity index is 1.99. The van der Waals surface area contributed by atoms with Crippen LogP contribution in [0.3, 0.4) is 0 Å². The van der Waals surface area contributed by atoms with Gasteiger partial charge in [-0.2, -0.15) is 13.2 Å². The summed E-state index contributed by atoms with van der Waals surface area (Å²) in [4.78, 5) is 27.7. The monoisotopic (exact) mass is 303 g/mol. The fourth-order valence-corrected chi connectivity index (χ4v) is 2.03. The average Bonchev–Trinajstić information content (AvgIpc) is 2.72. The number of aromatic hydroxyl groups is 1. The Kier molecular flexibility index (Phi) is 4.01. The predicted molar refractivity (Wildman–Crippen MR) is 65.3 cm³/mol. The Morgan fingerprint density at radius 3 is 2.86 bits per heavy atom. The largest absolute Gasteiger partial charge is 0.504 e. The van der Waals surface area contributed by atoms with Gasteiger partial charge in [-0.1, -0.05) is 0 Å². The number of anilines is 1. The van der Waals surface area contributed by atoms with Crippen molar-refractivity contribution in [2.45, 2.75) is 12.6 Å². The van der Waals surface area contributed by atoms with Crippen molar-refractivity contribution in [3.8, 4) is 5.75 Å². The number of likely N-dealkylation sites (tertiary alicyclic amines) is 1. The molecule has 6 nitrogen and oxygen atoms in total. The van der Waals surface area contributed by atoms with Crippen LogP contribution in [0.15, 0.2) is 18.3 Å². The summed E-state index contributed by atoms with van der Waals surface area (Å²) in [7, 11) is 0. The molecule has 0 saturated carbocycles. The first kappa shape index (κ1) is 15.1. The summed E-state index contributed by atoms with van der Waals surface area (Å²) in [6.45, 7) is -1.68. The third-order valence-electron chi connectivity index (χ3n) is 2.98. The van der Waals surface area contributed by atoms with Crippen LogP contribution in [-0.4, -0.2) is 46.1 Å². The van der Waals surface area contributed by atoms with Crippen LogP contribution in [0.5, 0.6) is 5.75 Å². The number of amides is 2. The Morgan fingerprint density at radius 1 is 1.52 bits per heavy atom. The van der Waals surface area contributed by atoms with E-state index in [1.54, 1.807) is 0 Å². The number of carbonyl (C=O) groups excluding carboxylic acids is 2. The lowest BCUT2D eigenvalue weighted by molar-refractivity contribution is -0.157. The number of alkyl halides is 3. The van der Waals surface area contributed by atoms with Crippen molar-refractivity contribution in [3.63, 3.8) is 0 Å². The fraction of sp³-hybridized carbons (Fsp3) is 0.417. The number of hydrogen-bond donors (Lipinski definition) is 2. The minimum Gasteiger partial charge on any atom is -0.504 e. The summed E-state index contributed by atoms with van der Waals surface area (Å²) < 4.78 is 36.8. The third-order valence-corrected chi connectivity index (χ3v) is 2.98. The number of nitrogens with one attached hydrogen (secondary N) is 1. The second-order valence-electron chi connectivity index (χ2n) is 4.65. The van der Waals surface area contributed by atoms with Crippen LogP contribution < -0.4 is 5.32 Å². The maximum absolute atomic E-state index is 12.3. The van der Waals surface area contributed by atoms with E-state index in [0.29, 0.717) is 4.90 Å². The molecule has 1 fully saturated rings. The van der Waals surface area contributed by atoms with Gasteiger partial charge in [0.15, 0.2) is 11.6 Å². The third kappa shape index (κ3) is 3.83. The molecule has 1 aromatic heterocycles. The highest BCUT2D eigenvalue weighted by atomic mass is 19.4. The second kappa shape index (κ2) is 5.58. The summed E-state index contributed by atoms with van der Waals surface area (Å²) in [5, 5.41) is 11.8. The smallest absolute Gasteiger partial charge is 0.406 e. The van der Waals surface area contributed by atoms with Crippen LogP contribution in [0.25, 0.3) is 0 Å². The molecule has 9 heteroatoms. The molecule has 114 valence electrons. The van der Waals surface area contributed by atoms with Crippen LogP contribution in [-0.2, 0) is 9.59 Å². The standard InChI is InChI=1S/C12H12F3N3O3/c13-12(14,15)6-18-5-7(4-9(18)20)11(21)17-10-8(19)2-1-3-16-10/h1-3,7,19H,4-6H2,(H,16,17,21)/t7-/m0/s1. The SMILES string of the molecule is O=C(Nc1ncccc1O)[C@H]1CC(=O)N(CC(F)(F)F)C1. The van der Waals surface area contributed by atoms with Gasteiger partial charge in [0.05, 0.1) is 5.92 Å². The predicted octanol–water partition coefficient (Wildman–Crippen LogP) is 1.14. The first-order valence-corrected chi connectivity index (χ1v) is 6.05. The number of nitrogens with zero attached hydrogens (tertiary/aromatic N) is 2. The van der Waals surface area contributed by atoms with E-state index in [-0.39, 0.29) is 24.5 Å². The Morgan fingerprint density at radius 2 is 2.24 bits per heavy atom. The van der Waals surface area contributed by atoms with E-state index in [1.807, 2.05) is 0 Å². The van der Waals surface area contributed by atoms with Crippen molar-refractivity contribution >= 4 is 17.6 Å². The molecule has 1 atom stereocenters. The molecule has 0 spiro atoms.